The van der Waals surface area contributed by atoms with Crippen molar-refractivity contribution in [3.8, 4) is 0 Å². The number of ether oxygens (including phenoxy) is 5. The van der Waals surface area contributed by atoms with Crippen molar-refractivity contribution in [1.82, 2.24) is 0 Å². The fourth-order valence-corrected chi connectivity index (χ4v) is 7.82. The SMILES string of the molecule is CC(C)CCCCOCCC(C)C.CC(C)CCCCOCCC(C)C.CC(C)CCCOCCCC(C)C.CC(C)CCOC1CC(CCC(C)C)C1.CC(C)CCOC1CC(CCC(C)C)C1. The largest absolute Gasteiger partial charge is 0.381 e. The van der Waals surface area contributed by atoms with Crippen molar-refractivity contribution in [3.63, 3.8) is 0 Å². The first-order chi connectivity index (χ1) is 32.5. The molecule has 0 saturated heterocycles. The van der Waals surface area contributed by atoms with Crippen molar-refractivity contribution in [2.24, 2.45) is 71.0 Å². The van der Waals surface area contributed by atoms with Crippen LogP contribution in [-0.4, -0.2) is 65.1 Å². The Kier molecular flexibility index (Phi) is 54.3. The van der Waals surface area contributed by atoms with Crippen LogP contribution >= 0.6 is 0 Å². The van der Waals surface area contributed by atoms with Gasteiger partial charge in [-0.15, -0.1) is 0 Å². The van der Waals surface area contributed by atoms with E-state index in [2.05, 4.69) is 138 Å². The highest BCUT2D eigenvalue weighted by Crippen LogP contribution is 2.35. The third-order valence-electron chi connectivity index (χ3n) is 13.2. The molecule has 0 radical (unpaired) electrons. The molecule has 0 aromatic heterocycles. The Bertz CT molecular complexity index is 823. The van der Waals surface area contributed by atoms with Gasteiger partial charge in [-0.1, -0.05) is 190 Å². The quantitative estimate of drug-likeness (QED) is 0.0577. The summed E-state index contributed by atoms with van der Waals surface area (Å²) in [5.41, 5.74) is 0. The summed E-state index contributed by atoms with van der Waals surface area (Å²) in [4.78, 5) is 0. The Hall–Kier alpha value is -0.200. The molecule has 2 aliphatic rings. The Balaban J connectivity index is -0.000000791. The van der Waals surface area contributed by atoms with Crippen LogP contribution in [0.25, 0.3) is 0 Å². The van der Waals surface area contributed by atoms with Crippen LogP contribution in [0.1, 0.15) is 280 Å². The zero-order valence-corrected chi connectivity index (χ0v) is 51.3. The van der Waals surface area contributed by atoms with E-state index in [1.165, 1.54) is 141 Å². The zero-order chi connectivity index (χ0) is 52.8. The van der Waals surface area contributed by atoms with Gasteiger partial charge in [0, 0.05) is 52.9 Å². The second kappa shape index (κ2) is 51.3. The van der Waals surface area contributed by atoms with Crippen LogP contribution in [0.2, 0.25) is 0 Å². The average molecular weight is 984 g/mol. The van der Waals surface area contributed by atoms with E-state index in [0.29, 0.717) is 12.2 Å². The highest BCUT2D eigenvalue weighted by Gasteiger charge is 2.30. The first-order valence-electron chi connectivity index (χ1n) is 30.5. The van der Waals surface area contributed by atoms with Crippen molar-refractivity contribution in [3.05, 3.63) is 0 Å². The molecule has 0 aromatic rings. The topological polar surface area (TPSA) is 46.2 Å². The summed E-state index contributed by atoms with van der Waals surface area (Å²) >= 11 is 0. The summed E-state index contributed by atoms with van der Waals surface area (Å²) < 4.78 is 28.2. The Morgan fingerprint density at radius 1 is 0.246 bits per heavy atom. The van der Waals surface area contributed by atoms with Gasteiger partial charge in [0.1, 0.15) is 0 Å². The lowest BCUT2D eigenvalue weighted by molar-refractivity contribution is -0.0371. The highest BCUT2D eigenvalue weighted by molar-refractivity contribution is 4.81. The summed E-state index contributed by atoms with van der Waals surface area (Å²) in [6.07, 6.45) is 29.8. The molecular weight excluding hydrogens is 849 g/mol. The van der Waals surface area contributed by atoms with Crippen LogP contribution in [0.3, 0.4) is 0 Å². The molecule has 0 N–H and O–H groups in total. The molecule has 0 atom stereocenters. The molecule has 0 spiro atoms. The van der Waals surface area contributed by atoms with Gasteiger partial charge in [0.05, 0.1) is 12.2 Å². The van der Waals surface area contributed by atoms with Crippen molar-refractivity contribution in [1.29, 1.82) is 0 Å². The van der Waals surface area contributed by atoms with Crippen molar-refractivity contribution >= 4 is 0 Å². The number of rotatable bonds is 38. The molecule has 0 bridgehead atoms. The van der Waals surface area contributed by atoms with Crippen molar-refractivity contribution in [2.45, 2.75) is 292 Å². The van der Waals surface area contributed by atoms with E-state index in [1.807, 2.05) is 0 Å². The van der Waals surface area contributed by atoms with E-state index >= 15 is 0 Å². The molecule has 420 valence electrons. The standard InChI is InChI=1S/2C14H28O.3C12H26O/c2*1-11(2)5-6-13-9-14(10-13)15-8-7-12(3)4;1-11(2)7-5-9-13-10-6-8-12(3)4;2*1-11(2)7-5-6-9-13-10-8-12(3)4/h2*11-14H,5-10H2,1-4H3;3*11-12H,5-10H2,1-4H3. The normalized spacial score (nSPS) is 17.8. The molecule has 0 amide bonds. The van der Waals surface area contributed by atoms with Crippen LogP contribution in [-0.2, 0) is 23.7 Å². The van der Waals surface area contributed by atoms with Gasteiger partial charge in [-0.25, -0.2) is 0 Å². The fraction of sp³-hybridized carbons (Fsp3) is 1.00. The Morgan fingerprint density at radius 2 is 0.478 bits per heavy atom. The van der Waals surface area contributed by atoms with Crippen LogP contribution in [0, 0.1) is 71.0 Å². The van der Waals surface area contributed by atoms with Crippen LogP contribution in [0.15, 0.2) is 0 Å². The number of unbranched alkanes of at least 4 members (excludes halogenated alkanes) is 2. The van der Waals surface area contributed by atoms with Crippen molar-refractivity contribution < 1.29 is 23.7 Å². The average Bonchev–Trinajstić information content (AvgIpc) is 3.20. The second-order valence-electron chi connectivity index (χ2n) is 26.0. The summed E-state index contributed by atoms with van der Waals surface area (Å²) in [7, 11) is 0. The Labute approximate surface area is 437 Å². The maximum Gasteiger partial charge on any atom is 0.0580 e. The minimum absolute atomic E-state index is 0.598. The van der Waals surface area contributed by atoms with Crippen LogP contribution in [0.5, 0.6) is 0 Å². The predicted molar refractivity (Wildman–Crippen MR) is 309 cm³/mol. The molecule has 69 heavy (non-hydrogen) atoms. The molecule has 5 nitrogen and oxygen atoms in total. The maximum atomic E-state index is 5.83. The van der Waals surface area contributed by atoms with Gasteiger partial charge in [-0.2, -0.15) is 0 Å². The number of hydrogen-bond donors (Lipinski definition) is 0. The van der Waals surface area contributed by atoms with E-state index in [0.717, 1.165) is 124 Å². The van der Waals surface area contributed by atoms with E-state index in [-0.39, 0.29) is 0 Å². The fourth-order valence-electron chi connectivity index (χ4n) is 7.82. The zero-order valence-electron chi connectivity index (χ0n) is 51.3. The van der Waals surface area contributed by atoms with Gasteiger partial charge < -0.3 is 23.7 Å². The van der Waals surface area contributed by atoms with E-state index < -0.39 is 0 Å². The maximum absolute atomic E-state index is 5.83. The van der Waals surface area contributed by atoms with Crippen LogP contribution < -0.4 is 0 Å². The molecule has 5 heteroatoms. The minimum atomic E-state index is 0.598. The summed E-state index contributed by atoms with van der Waals surface area (Å²) in [6.45, 7) is 53.1. The van der Waals surface area contributed by atoms with Gasteiger partial charge >= 0.3 is 0 Å². The highest BCUT2D eigenvalue weighted by atomic mass is 16.5. The summed E-state index contributed by atoms with van der Waals surface area (Å²) in [5, 5.41) is 0. The number of hydrogen-bond acceptors (Lipinski definition) is 5. The summed E-state index contributed by atoms with van der Waals surface area (Å²) in [5.74, 6) is 10.1. The first kappa shape index (κ1) is 73.0. The third-order valence-corrected chi connectivity index (χ3v) is 13.2. The molecule has 2 saturated carbocycles. The summed E-state index contributed by atoms with van der Waals surface area (Å²) in [6, 6.07) is 0. The third kappa shape index (κ3) is 63.9. The van der Waals surface area contributed by atoms with Gasteiger partial charge in [-0.3, -0.25) is 0 Å². The van der Waals surface area contributed by atoms with E-state index in [9.17, 15) is 0 Å². The van der Waals surface area contributed by atoms with Gasteiger partial charge in [0.2, 0.25) is 0 Å². The van der Waals surface area contributed by atoms with Crippen LogP contribution in [0.4, 0.5) is 0 Å². The lowest BCUT2D eigenvalue weighted by Gasteiger charge is -2.35. The molecule has 0 unspecified atom stereocenters. The molecule has 2 rings (SSSR count). The molecule has 0 aromatic carbocycles. The minimum Gasteiger partial charge on any atom is -0.381 e. The second-order valence-corrected chi connectivity index (χ2v) is 26.0. The smallest absolute Gasteiger partial charge is 0.0580 e. The van der Waals surface area contributed by atoms with Gasteiger partial charge in [0.25, 0.3) is 0 Å². The van der Waals surface area contributed by atoms with Gasteiger partial charge in [-0.05, 0) is 161 Å². The van der Waals surface area contributed by atoms with E-state index in [1.54, 1.807) is 0 Å². The Morgan fingerprint density at radius 3 is 0.754 bits per heavy atom. The first-order valence-corrected chi connectivity index (χ1v) is 30.5. The molecule has 2 fully saturated rings. The molecular formula is C64H134O5. The monoisotopic (exact) mass is 983 g/mol. The van der Waals surface area contributed by atoms with Crippen molar-refractivity contribution in [2.75, 3.05) is 52.9 Å². The molecule has 0 aliphatic heterocycles. The lowest BCUT2D eigenvalue weighted by atomic mass is 9.78. The van der Waals surface area contributed by atoms with E-state index in [4.69, 9.17) is 23.7 Å². The lowest BCUT2D eigenvalue weighted by Crippen LogP contribution is -2.32. The van der Waals surface area contributed by atoms with Gasteiger partial charge in [0.15, 0.2) is 0 Å². The molecule has 2 aliphatic carbocycles. The predicted octanol–water partition coefficient (Wildman–Crippen LogP) is 20.2. The molecule has 0 heterocycles.